The third-order valence-corrected chi connectivity index (χ3v) is 1.28. The number of hydrogen-bond acceptors (Lipinski definition) is 3. The first-order valence-electron chi connectivity index (χ1n) is 3.04. The molecule has 0 saturated heterocycles. The molecule has 0 fully saturated rings. The quantitative estimate of drug-likeness (QED) is 0.568. The van der Waals surface area contributed by atoms with Gasteiger partial charge in [0.15, 0.2) is 23.1 Å². The number of rotatable bonds is 2. The van der Waals surface area contributed by atoms with Crippen LogP contribution in [-0.2, 0) is 4.79 Å². The lowest BCUT2D eigenvalue weighted by Crippen LogP contribution is -1.96. The lowest BCUT2D eigenvalue weighted by atomic mass is 10.3. The Morgan fingerprint density at radius 1 is 1.31 bits per heavy atom. The van der Waals surface area contributed by atoms with Crippen molar-refractivity contribution in [1.29, 1.82) is 0 Å². The van der Waals surface area contributed by atoms with Crippen molar-refractivity contribution in [2.45, 2.75) is 0 Å². The molecule has 0 aliphatic heterocycles. The van der Waals surface area contributed by atoms with E-state index in [4.69, 9.17) is 5.11 Å². The summed E-state index contributed by atoms with van der Waals surface area (Å²) in [5, 5.41) is 8.77. The largest absolute Gasteiger partial charge is 0.502 e. The number of ether oxygens (including phenoxy) is 1. The van der Waals surface area contributed by atoms with Gasteiger partial charge in [-0.3, -0.25) is 4.79 Å². The van der Waals surface area contributed by atoms with Crippen molar-refractivity contribution in [3.8, 4) is 11.5 Å². The fourth-order valence-electron chi connectivity index (χ4n) is 0.705. The number of halogens is 3. The summed E-state index contributed by atoms with van der Waals surface area (Å²) in [5.74, 6) is -7.18. The number of phenolic OH excluding ortho intramolecular Hbond substituents is 1. The highest BCUT2D eigenvalue weighted by Crippen LogP contribution is 2.31. The van der Waals surface area contributed by atoms with E-state index in [1.807, 2.05) is 0 Å². The van der Waals surface area contributed by atoms with E-state index in [1.54, 1.807) is 0 Å². The number of benzene rings is 1. The van der Waals surface area contributed by atoms with Crippen LogP contribution in [0.15, 0.2) is 6.07 Å². The van der Waals surface area contributed by atoms with E-state index >= 15 is 0 Å². The zero-order valence-electron chi connectivity index (χ0n) is 6.05. The van der Waals surface area contributed by atoms with Crippen molar-refractivity contribution in [2.75, 3.05) is 0 Å². The van der Waals surface area contributed by atoms with E-state index in [1.165, 1.54) is 0 Å². The molecule has 70 valence electrons. The molecule has 0 saturated carbocycles. The minimum Gasteiger partial charge on any atom is -0.502 e. The molecule has 1 N–H and O–H groups in total. The van der Waals surface area contributed by atoms with Crippen molar-refractivity contribution in [3.63, 3.8) is 0 Å². The van der Waals surface area contributed by atoms with Gasteiger partial charge in [-0.15, -0.1) is 0 Å². The highest BCUT2D eigenvalue weighted by molar-refractivity contribution is 5.51. The van der Waals surface area contributed by atoms with Gasteiger partial charge in [0.2, 0.25) is 5.82 Å². The molecule has 0 aliphatic rings. The van der Waals surface area contributed by atoms with Crippen molar-refractivity contribution < 1.29 is 27.8 Å². The molecule has 0 heterocycles. The highest BCUT2D eigenvalue weighted by Gasteiger charge is 2.18. The van der Waals surface area contributed by atoms with Crippen LogP contribution in [0.3, 0.4) is 0 Å². The monoisotopic (exact) mass is 192 g/mol. The summed E-state index contributed by atoms with van der Waals surface area (Å²) in [4.78, 5) is 9.76. The van der Waals surface area contributed by atoms with Gasteiger partial charge in [-0.2, -0.15) is 4.39 Å². The van der Waals surface area contributed by atoms with Gasteiger partial charge < -0.3 is 9.84 Å². The Kier molecular flexibility index (Phi) is 2.41. The Balaban J connectivity index is 3.31. The first-order chi connectivity index (χ1) is 6.07. The minimum atomic E-state index is -1.82. The SMILES string of the molecule is O=COc1cc(F)c(F)c(F)c1O. The Hall–Kier alpha value is -1.72. The maximum absolute atomic E-state index is 12.5. The average molecular weight is 192 g/mol. The summed E-state index contributed by atoms with van der Waals surface area (Å²) in [6.07, 6.45) is 0. The Morgan fingerprint density at radius 3 is 2.46 bits per heavy atom. The zero-order chi connectivity index (χ0) is 10.0. The molecule has 6 heteroatoms. The van der Waals surface area contributed by atoms with Crippen LogP contribution < -0.4 is 4.74 Å². The van der Waals surface area contributed by atoms with E-state index in [0.29, 0.717) is 6.07 Å². The normalized spacial score (nSPS) is 9.77. The Bertz CT molecular complexity index is 351. The molecule has 13 heavy (non-hydrogen) atoms. The fourth-order valence-corrected chi connectivity index (χ4v) is 0.705. The van der Waals surface area contributed by atoms with Gasteiger partial charge in [0, 0.05) is 6.07 Å². The van der Waals surface area contributed by atoms with Crippen LogP contribution in [0.25, 0.3) is 0 Å². The first-order valence-corrected chi connectivity index (χ1v) is 3.04. The summed E-state index contributed by atoms with van der Waals surface area (Å²) in [7, 11) is 0. The molecule has 0 atom stereocenters. The maximum Gasteiger partial charge on any atom is 0.298 e. The number of aromatic hydroxyl groups is 1. The molecule has 1 aromatic rings. The summed E-state index contributed by atoms with van der Waals surface area (Å²) in [6, 6.07) is 0.363. The van der Waals surface area contributed by atoms with Crippen LogP contribution in [-0.4, -0.2) is 11.6 Å². The van der Waals surface area contributed by atoms with E-state index in [2.05, 4.69) is 4.74 Å². The number of phenols is 1. The molecular formula is C7H3F3O3. The summed E-state index contributed by atoms with van der Waals surface area (Å²) in [5.41, 5.74) is 0. The van der Waals surface area contributed by atoms with E-state index in [-0.39, 0.29) is 6.47 Å². The molecule has 1 aromatic carbocycles. The molecule has 1 rings (SSSR count). The average Bonchev–Trinajstić information content (AvgIpc) is 2.11. The zero-order valence-corrected chi connectivity index (χ0v) is 6.05. The fraction of sp³-hybridized carbons (Fsp3) is 0. The van der Waals surface area contributed by atoms with Gasteiger partial charge in [-0.1, -0.05) is 0 Å². The van der Waals surface area contributed by atoms with Crippen molar-refractivity contribution >= 4 is 6.47 Å². The second-order valence-corrected chi connectivity index (χ2v) is 2.05. The van der Waals surface area contributed by atoms with Crippen LogP contribution in [0, 0.1) is 17.5 Å². The number of carbonyl (C=O) groups excluding carboxylic acids is 1. The van der Waals surface area contributed by atoms with Crippen LogP contribution in [0.1, 0.15) is 0 Å². The number of hydrogen-bond donors (Lipinski definition) is 1. The van der Waals surface area contributed by atoms with Crippen LogP contribution >= 0.6 is 0 Å². The second-order valence-electron chi connectivity index (χ2n) is 2.05. The van der Waals surface area contributed by atoms with Crippen molar-refractivity contribution in [3.05, 3.63) is 23.5 Å². The van der Waals surface area contributed by atoms with Gasteiger partial charge in [-0.05, 0) is 0 Å². The lowest BCUT2D eigenvalue weighted by molar-refractivity contribution is -0.120. The standard InChI is InChI=1S/C7H3F3O3/c8-3-1-4(13-2-11)7(12)6(10)5(3)9/h1-2,12H. The van der Waals surface area contributed by atoms with Gasteiger partial charge in [0.1, 0.15) is 0 Å². The van der Waals surface area contributed by atoms with Crippen molar-refractivity contribution in [1.82, 2.24) is 0 Å². The van der Waals surface area contributed by atoms with E-state index in [0.717, 1.165) is 0 Å². The third-order valence-electron chi connectivity index (χ3n) is 1.28. The van der Waals surface area contributed by atoms with E-state index in [9.17, 15) is 18.0 Å². The van der Waals surface area contributed by atoms with E-state index < -0.39 is 29.0 Å². The van der Waals surface area contributed by atoms with Crippen LogP contribution in [0.4, 0.5) is 13.2 Å². The molecule has 0 unspecified atom stereocenters. The lowest BCUT2D eigenvalue weighted by Gasteiger charge is -2.03. The Morgan fingerprint density at radius 2 is 1.92 bits per heavy atom. The topological polar surface area (TPSA) is 46.5 Å². The predicted octanol–water partition coefficient (Wildman–Crippen LogP) is 1.34. The smallest absolute Gasteiger partial charge is 0.298 e. The molecule has 0 spiro atoms. The summed E-state index contributed by atoms with van der Waals surface area (Å²) in [6.45, 7) is -0.147. The molecule has 0 aliphatic carbocycles. The molecular weight excluding hydrogens is 189 g/mol. The molecule has 0 aromatic heterocycles. The molecule has 0 radical (unpaired) electrons. The van der Waals surface area contributed by atoms with Gasteiger partial charge in [0.25, 0.3) is 6.47 Å². The second kappa shape index (κ2) is 3.34. The highest BCUT2D eigenvalue weighted by atomic mass is 19.2. The van der Waals surface area contributed by atoms with Gasteiger partial charge in [-0.25, -0.2) is 8.78 Å². The first kappa shape index (κ1) is 9.37. The number of carbonyl (C=O) groups is 1. The minimum absolute atomic E-state index is 0.147. The molecule has 0 bridgehead atoms. The van der Waals surface area contributed by atoms with Crippen LogP contribution in [0.5, 0.6) is 11.5 Å². The van der Waals surface area contributed by atoms with Gasteiger partial charge in [0.05, 0.1) is 0 Å². The predicted molar refractivity (Wildman–Crippen MR) is 34.7 cm³/mol. The van der Waals surface area contributed by atoms with Gasteiger partial charge >= 0.3 is 0 Å². The van der Waals surface area contributed by atoms with Crippen molar-refractivity contribution in [2.24, 2.45) is 0 Å². The Labute approximate surface area is 70.4 Å². The maximum atomic E-state index is 12.5. The third kappa shape index (κ3) is 1.56. The summed E-state index contributed by atoms with van der Waals surface area (Å²) >= 11 is 0. The van der Waals surface area contributed by atoms with Crippen LogP contribution in [0.2, 0.25) is 0 Å². The summed E-state index contributed by atoms with van der Waals surface area (Å²) < 4.78 is 41.3. The molecule has 3 nitrogen and oxygen atoms in total. The molecule has 0 amide bonds.